The Balaban J connectivity index is 1.87. The third kappa shape index (κ3) is 3.13. The number of rotatable bonds is 2. The normalized spacial score (nSPS) is 24.7. The molecule has 0 aromatic carbocycles. The van der Waals surface area contributed by atoms with Crippen LogP contribution in [0.5, 0.6) is 0 Å². The highest BCUT2D eigenvalue weighted by Crippen LogP contribution is 2.28. The SMILES string of the molecule is CN(C)C(=O)N1CCN(C(=O)C(=O)c2ccco2)[C@H]2CS(=O)(=O)C[C@H]21. The molecule has 136 valence electrons. The summed E-state index contributed by atoms with van der Waals surface area (Å²) in [6, 6.07) is 1.19. The number of ketones is 1. The number of nitrogens with zero attached hydrogens (tertiary/aromatic N) is 3. The van der Waals surface area contributed by atoms with Gasteiger partial charge in [0.15, 0.2) is 15.6 Å². The van der Waals surface area contributed by atoms with E-state index in [0.29, 0.717) is 0 Å². The number of hydrogen-bond donors (Lipinski definition) is 0. The van der Waals surface area contributed by atoms with Gasteiger partial charge in [0.25, 0.3) is 11.7 Å². The first kappa shape index (κ1) is 17.5. The fourth-order valence-electron chi connectivity index (χ4n) is 3.34. The smallest absolute Gasteiger partial charge is 0.319 e. The van der Waals surface area contributed by atoms with Crippen molar-refractivity contribution in [1.29, 1.82) is 0 Å². The molecule has 0 N–H and O–H groups in total. The molecule has 2 fully saturated rings. The van der Waals surface area contributed by atoms with Gasteiger partial charge in [-0.15, -0.1) is 0 Å². The summed E-state index contributed by atoms with van der Waals surface area (Å²) in [6.07, 6.45) is 1.29. The van der Waals surface area contributed by atoms with Crippen molar-refractivity contribution in [1.82, 2.24) is 14.7 Å². The molecule has 2 aliphatic rings. The van der Waals surface area contributed by atoms with Crippen LogP contribution in [0.1, 0.15) is 10.6 Å². The summed E-state index contributed by atoms with van der Waals surface area (Å²) in [7, 11) is -0.244. The third-order valence-electron chi connectivity index (χ3n) is 4.50. The maximum absolute atomic E-state index is 12.6. The first-order valence-electron chi connectivity index (χ1n) is 7.78. The van der Waals surface area contributed by atoms with Gasteiger partial charge < -0.3 is 19.1 Å². The zero-order valence-corrected chi connectivity index (χ0v) is 14.7. The second kappa shape index (κ2) is 6.17. The van der Waals surface area contributed by atoms with Crippen molar-refractivity contribution in [2.24, 2.45) is 0 Å². The van der Waals surface area contributed by atoms with Crippen LogP contribution in [0.2, 0.25) is 0 Å². The molecule has 3 heterocycles. The quantitative estimate of drug-likeness (QED) is 0.511. The molecular weight excluding hydrogens is 350 g/mol. The first-order valence-corrected chi connectivity index (χ1v) is 9.60. The monoisotopic (exact) mass is 369 g/mol. The Kier molecular flexibility index (Phi) is 4.31. The van der Waals surface area contributed by atoms with Crippen molar-refractivity contribution >= 4 is 27.6 Å². The highest BCUT2D eigenvalue weighted by atomic mass is 32.2. The summed E-state index contributed by atoms with van der Waals surface area (Å²) in [4.78, 5) is 41.2. The van der Waals surface area contributed by atoms with Crippen LogP contribution in [0.3, 0.4) is 0 Å². The van der Waals surface area contributed by atoms with Crippen molar-refractivity contribution in [2.75, 3.05) is 38.7 Å². The number of piperazine rings is 1. The Morgan fingerprint density at radius 1 is 1.12 bits per heavy atom. The summed E-state index contributed by atoms with van der Waals surface area (Å²) in [5.41, 5.74) is 0. The maximum Gasteiger partial charge on any atom is 0.319 e. The van der Waals surface area contributed by atoms with Crippen molar-refractivity contribution in [3.8, 4) is 0 Å². The third-order valence-corrected chi connectivity index (χ3v) is 6.20. The van der Waals surface area contributed by atoms with Crippen LogP contribution in [0.25, 0.3) is 0 Å². The summed E-state index contributed by atoms with van der Waals surface area (Å²) in [6.45, 7) is 0.270. The summed E-state index contributed by atoms with van der Waals surface area (Å²) in [5.74, 6) is -2.18. The van der Waals surface area contributed by atoms with Gasteiger partial charge in [-0.1, -0.05) is 0 Å². The van der Waals surface area contributed by atoms with E-state index in [4.69, 9.17) is 4.42 Å². The van der Waals surface area contributed by atoms with E-state index in [0.717, 1.165) is 0 Å². The lowest BCUT2D eigenvalue weighted by Gasteiger charge is -2.44. The molecule has 0 bridgehead atoms. The molecule has 0 aliphatic carbocycles. The van der Waals surface area contributed by atoms with Crippen molar-refractivity contribution in [2.45, 2.75) is 12.1 Å². The number of carbonyl (C=O) groups is 3. The molecule has 25 heavy (non-hydrogen) atoms. The zero-order valence-electron chi connectivity index (χ0n) is 13.9. The van der Waals surface area contributed by atoms with Crippen LogP contribution in [0.15, 0.2) is 22.8 Å². The molecule has 3 rings (SSSR count). The van der Waals surface area contributed by atoms with Gasteiger partial charge in [-0.3, -0.25) is 9.59 Å². The topological polar surface area (TPSA) is 108 Å². The molecule has 2 aliphatic heterocycles. The van der Waals surface area contributed by atoms with E-state index < -0.39 is 33.6 Å². The second-order valence-corrected chi connectivity index (χ2v) is 8.54. The Hall–Kier alpha value is -2.36. The molecule has 2 saturated heterocycles. The predicted octanol–water partition coefficient (Wildman–Crippen LogP) is -0.546. The van der Waals surface area contributed by atoms with Crippen LogP contribution >= 0.6 is 0 Å². The summed E-state index contributed by atoms with van der Waals surface area (Å²) >= 11 is 0. The van der Waals surface area contributed by atoms with Crippen LogP contribution in [0, 0.1) is 0 Å². The van der Waals surface area contributed by atoms with E-state index in [9.17, 15) is 22.8 Å². The van der Waals surface area contributed by atoms with Crippen LogP contribution < -0.4 is 0 Å². The fourth-order valence-corrected chi connectivity index (χ4v) is 5.32. The number of furan rings is 1. The van der Waals surface area contributed by atoms with E-state index in [1.807, 2.05) is 0 Å². The van der Waals surface area contributed by atoms with Gasteiger partial charge >= 0.3 is 6.03 Å². The average molecular weight is 369 g/mol. The van der Waals surface area contributed by atoms with E-state index in [1.54, 1.807) is 14.1 Å². The minimum Gasteiger partial charge on any atom is -0.461 e. The van der Waals surface area contributed by atoms with Gasteiger partial charge in [-0.05, 0) is 12.1 Å². The number of urea groups is 1. The minimum atomic E-state index is -3.41. The molecule has 1 aromatic rings. The molecule has 10 heteroatoms. The molecular formula is C15H19N3O6S. The highest BCUT2D eigenvalue weighted by molar-refractivity contribution is 7.91. The lowest BCUT2D eigenvalue weighted by Crippen LogP contribution is -2.64. The van der Waals surface area contributed by atoms with Gasteiger partial charge in [-0.2, -0.15) is 0 Å². The lowest BCUT2D eigenvalue weighted by atomic mass is 10.0. The first-order chi connectivity index (χ1) is 11.7. The standard InChI is InChI=1S/C15H19N3O6S/c1-16(2)15(21)18-6-5-17(10-8-25(22,23)9-11(10)18)14(20)13(19)12-4-3-7-24-12/h3-4,7,10-11H,5-6,8-9H2,1-2H3/t10-,11+/m0/s1. The Bertz CT molecular complexity index is 801. The van der Waals surface area contributed by atoms with Gasteiger partial charge in [0.2, 0.25) is 0 Å². The van der Waals surface area contributed by atoms with Crippen molar-refractivity contribution in [3.05, 3.63) is 24.2 Å². The molecule has 0 radical (unpaired) electrons. The number of sulfone groups is 1. The molecule has 1 aromatic heterocycles. The van der Waals surface area contributed by atoms with Gasteiger partial charge in [-0.25, -0.2) is 13.2 Å². The van der Waals surface area contributed by atoms with Crippen molar-refractivity contribution in [3.63, 3.8) is 0 Å². The number of Topliss-reactive ketones (excluding diaryl/α,β-unsaturated/α-hetero) is 1. The van der Waals surface area contributed by atoms with E-state index in [-0.39, 0.29) is 36.4 Å². The Morgan fingerprint density at radius 2 is 1.72 bits per heavy atom. The van der Waals surface area contributed by atoms with E-state index in [1.165, 1.54) is 33.1 Å². The average Bonchev–Trinajstić information content (AvgIpc) is 3.17. The Morgan fingerprint density at radius 3 is 2.28 bits per heavy atom. The maximum atomic E-state index is 12.6. The van der Waals surface area contributed by atoms with Crippen LogP contribution in [-0.4, -0.2) is 91.6 Å². The second-order valence-electron chi connectivity index (χ2n) is 6.39. The van der Waals surface area contributed by atoms with Gasteiger partial charge in [0, 0.05) is 27.2 Å². The van der Waals surface area contributed by atoms with E-state index >= 15 is 0 Å². The van der Waals surface area contributed by atoms with Gasteiger partial charge in [0.05, 0.1) is 29.9 Å². The highest BCUT2D eigenvalue weighted by Gasteiger charge is 2.50. The lowest BCUT2D eigenvalue weighted by molar-refractivity contribution is -0.131. The molecule has 3 amide bonds. The zero-order chi connectivity index (χ0) is 18.4. The van der Waals surface area contributed by atoms with Gasteiger partial charge in [0.1, 0.15) is 0 Å². The predicted molar refractivity (Wildman–Crippen MR) is 86.8 cm³/mol. The molecule has 0 spiro atoms. The number of amides is 3. The molecule has 0 unspecified atom stereocenters. The van der Waals surface area contributed by atoms with Crippen LogP contribution in [0.4, 0.5) is 4.79 Å². The largest absolute Gasteiger partial charge is 0.461 e. The number of carbonyl (C=O) groups excluding carboxylic acids is 3. The van der Waals surface area contributed by atoms with Crippen molar-refractivity contribution < 1.29 is 27.2 Å². The Labute approximate surface area is 145 Å². The fraction of sp³-hybridized carbons (Fsp3) is 0.533. The number of hydrogen-bond acceptors (Lipinski definition) is 6. The molecule has 0 saturated carbocycles. The summed E-state index contributed by atoms with van der Waals surface area (Å²) in [5, 5.41) is 0. The minimum absolute atomic E-state index is 0.0887. The number of fused-ring (bicyclic) bond motifs is 1. The van der Waals surface area contributed by atoms with E-state index in [2.05, 4.69) is 0 Å². The summed E-state index contributed by atoms with van der Waals surface area (Å²) < 4.78 is 29.2. The van der Waals surface area contributed by atoms with Crippen LogP contribution in [-0.2, 0) is 14.6 Å². The molecule has 9 nitrogen and oxygen atoms in total. The molecule has 2 atom stereocenters.